The van der Waals surface area contributed by atoms with Gasteiger partial charge in [-0.15, -0.1) is 11.8 Å². The molecule has 5 nitrogen and oxygen atoms in total. The van der Waals surface area contributed by atoms with E-state index in [1.54, 1.807) is 0 Å². The topological polar surface area (TPSA) is 56.7 Å². The number of benzene rings is 2. The summed E-state index contributed by atoms with van der Waals surface area (Å²) in [6.07, 6.45) is 1.20. The Labute approximate surface area is 184 Å². The molecule has 1 aliphatic rings. The van der Waals surface area contributed by atoms with Crippen LogP contribution in [0.25, 0.3) is 0 Å². The van der Waals surface area contributed by atoms with Gasteiger partial charge in [0, 0.05) is 42.4 Å². The number of guanidine groups is 1. The standard InChI is InChI=1S/C24H32N4OS/c1-3-25-23(29)21-12-10-19(11-13-21)16-27-24(26-4-2)28-15-14-20(17-28)18-30-22-8-6-5-7-9-22/h5-13,20H,3-4,14-18H2,1-2H3,(H,25,29)(H,26,27). The van der Waals surface area contributed by atoms with Gasteiger partial charge in [0.1, 0.15) is 0 Å². The van der Waals surface area contributed by atoms with Gasteiger partial charge in [0.05, 0.1) is 6.54 Å². The molecule has 0 saturated carbocycles. The Morgan fingerprint density at radius 3 is 2.50 bits per heavy atom. The van der Waals surface area contributed by atoms with Crippen molar-refractivity contribution in [1.29, 1.82) is 0 Å². The third-order valence-electron chi connectivity index (χ3n) is 5.11. The van der Waals surface area contributed by atoms with Gasteiger partial charge in [0.25, 0.3) is 5.91 Å². The highest BCUT2D eigenvalue weighted by Gasteiger charge is 2.24. The fourth-order valence-electron chi connectivity index (χ4n) is 3.51. The van der Waals surface area contributed by atoms with Crippen LogP contribution in [0.2, 0.25) is 0 Å². The molecule has 2 aromatic carbocycles. The summed E-state index contributed by atoms with van der Waals surface area (Å²) >= 11 is 1.94. The van der Waals surface area contributed by atoms with Crippen molar-refractivity contribution in [1.82, 2.24) is 15.5 Å². The molecule has 160 valence electrons. The predicted octanol–water partition coefficient (Wildman–Crippen LogP) is 4.02. The number of carbonyl (C=O) groups excluding carboxylic acids is 1. The molecule has 1 aliphatic heterocycles. The van der Waals surface area contributed by atoms with Crippen molar-refractivity contribution in [3.05, 3.63) is 65.7 Å². The van der Waals surface area contributed by atoms with Crippen molar-refractivity contribution < 1.29 is 4.79 Å². The van der Waals surface area contributed by atoms with Gasteiger partial charge < -0.3 is 15.5 Å². The molecule has 0 bridgehead atoms. The second kappa shape index (κ2) is 11.6. The average molecular weight is 425 g/mol. The summed E-state index contributed by atoms with van der Waals surface area (Å²) < 4.78 is 0. The van der Waals surface area contributed by atoms with Gasteiger partial charge in [0.2, 0.25) is 0 Å². The Morgan fingerprint density at radius 1 is 1.07 bits per heavy atom. The molecule has 2 aromatic rings. The zero-order chi connectivity index (χ0) is 21.2. The number of amides is 1. The van der Waals surface area contributed by atoms with Gasteiger partial charge in [-0.2, -0.15) is 0 Å². The first-order chi connectivity index (χ1) is 14.7. The van der Waals surface area contributed by atoms with Crippen LogP contribution in [0.1, 0.15) is 36.2 Å². The third-order valence-corrected chi connectivity index (χ3v) is 6.36. The van der Waals surface area contributed by atoms with Gasteiger partial charge in [-0.3, -0.25) is 4.79 Å². The Bertz CT molecular complexity index is 823. The van der Waals surface area contributed by atoms with Crippen molar-refractivity contribution in [2.45, 2.75) is 31.7 Å². The molecule has 1 amide bonds. The summed E-state index contributed by atoms with van der Waals surface area (Å²) in [4.78, 5) is 20.5. The number of rotatable bonds is 8. The molecule has 0 radical (unpaired) electrons. The first-order valence-corrected chi connectivity index (χ1v) is 11.8. The first kappa shape index (κ1) is 22.2. The summed E-state index contributed by atoms with van der Waals surface area (Å²) in [6, 6.07) is 18.3. The normalized spacial score (nSPS) is 16.5. The number of likely N-dealkylation sites (tertiary alicyclic amines) is 1. The summed E-state index contributed by atoms with van der Waals surface area (Å²) in [6.45, 7) is 8.22. The number of thioether (sulfide) groups is 1. The molecule has 1 unspecified atom stereocenters. The molecular weight excluding hydrogens is 392 g/mol. The minimum atomic E-state index is -0.0302. The zero-order valence-electron chi connectivity index (χ0n) is 17.9. The highest BCUT2D eigenvalue weighted by Crippen LogP contribution is 2.26. The molecular formula is C24H32N4OS. The Kier molecular flexibility index (Phi) is 8.63. The molecule has 1 fully saturated rings. The largest absolute Gasteiger partial charge is 0.357 e. The predicted molar refractivity (Wildman–Crippen MR) is 126 cm³/mol. The van der Waals surface area contributed by atoms with E-state index in [0.717, 1.165) is 36.9 Å². The Balaban J connectivity index is 1.54. The Morgan fingerprint density at radius 2 is 1.80 bits per heavy atom. The molecule has 0 aromatic heterocycles. The van der Waals surface area contributed by atoms with Crippen molar-refractivity contribution in [2.24, 2.45) is 10.9 Å². The van der Waals surface area contributed by atoms with Crippen LogP contribution in [0.5, 0.6) is 0 Å². The minimum Gasteiger partial charge on any atom is -0.357 e. The fraction of sp³-hybridized carbons (Fsp3) is 0.417. The van der Waals surface area contributed by atoms with Gasteiger partial charge in [0.15, 0.2) is 5.96 Å². The number of nitrogens with zero attached hydrogens (tertiary/aromatic N) is 2. The van der Waals surface area contributed by atoms with Crippen LogP contribution >= 0.6 is 11.8 Å². The number of hydrogen-bond donors (Lipinski definition) is 2. The van der Waals surface area contributed by atoms with Crippen molar-refractivity contribution in [3.8, 4) is 0 Å². The van der Waals surface area contributed by atoms with Crippen LogP contribution in [0.15, 0.2) is 64.5 Å². The summed E-state index contributed by atoms with van der Waals surface area (Å²) in [7, 11) is 0. The van der Waals surface area contributed by atoms with E-state index in [1.807, 2.05) is 43.0 Å². The average Bonchev–Trinajstić information content (AvgIpc) is 3.25. The lowest BCUT2D eigenvalue weighted by Crippen LogP contribution is -2.40. The SMILES string of the molecule is CCNC(=O)c1ccc(CN=C(NCC)N2CCC(CSc3ccccc3)C2)cc1. The van der Waals surface area contributed by atoms with Gasteiger partial charge in [-0.25, -0.2) is 4.99 Å². The van der Waals surface area contributed by atoms with Crippen molar-refractivity contribution in [2.75, 3.05) is 31.9 Å². The second-order valence-corrected chi connectivity index (χ2v) is 8.54. The lowest BCUT2D eigenvalue weighted by atomic mass is 10.1. The molecule has 0 spiro atoms. The molecule has 30 heavy (non-hydrogen) atoms. The maximum absolute atomic E-state index is 11.9. The maximum Gasteiger partial charge on any atom is 0.251 e. The first-order valence-electron chi connectivity index (χ1n) is 10.8. The van der Waals surface area contributed by atoms with Gasteiger partial charge in [-0.1, -0.05) is 30.3 Å². The highest BCUT2D eigenvalue weighted by atomic mass is 32.2. The number of hydrogen-bond acceptors (Lipinski definition) is 3. The maximum atomic E-state index is 11.9. The molecule has 2 N–H and O–H groups in total. The summed E-state index contributed by atoms with van der Waals surface area (Å²) in [5.74, 6) is 2.77. The van der Waals surface area contributed by atoms with Crippen LogP contribution in [-0.4, -0.2) is 48.7 Å². The van der Waals surface area contributed by atoms with E-state index < -0.39 is 0 Å². The fourth-order valence-corrected chi connectivity index (χ4v) is 4.56. The lowest BCUT2D eigenvalue weighted by molar-refractivity contribution is 0.0956. The minimum absolute atomic E-state index is 0.0302. The summed E-state index contributed by atoms with van der Waals surface area (Å²) in [5.41, 5.74) is 1.80. The molecule has 1 atom stereocenters. The highest BCUT2D eigenvalue weighted by molar-refractivity contribution is 7.99. The number of nitrogens with one attached hydrogen (secondary N) is 2. The van der Waals surface area contributed by atoms with E-state index in [1.165, 1.54) is 11.3 Å². The van der Waals surface area contributed by atoms with Gasteiger partial charge in [-0.05, 0) is 56.0 Å². The molecule has 3 rings (SSSR count). The van der Waals surface area contributed by atoms with E-state index in [9.17, 15) is 4.79 Å². The lowest BCUT2D eigenvalue weighted by Gasteiger charge is -2.21. The summed E-state index contributed by atoms with van der Waals surface area (Å²) in [5, 5.41) is 6.27. The van der Waals surface area contributed by atoms with Crippen LogP contribution in [0.4, 0.5) is 0 Å². The molecule has 1 heterocycles. The quantitative estimate of drug-likeness (QED) is 0.382. The molecule has 1 saturated heterocycles. The van der Waals surface area contributed by atoms with E-state index in [-0.39, 0.29) is 5.91 Å². The van der Waals surface area contributed by atoms with E-state index in [2.05, 4.69) is 52.8 Å². The Hall–Kier alpha value is -2.47. The molecule has 6 heteroatoms. The number of aliphatic imine (C=N–C) groups is 1. The number of carbonyl (C=O) groups is 1. The zero-order valence-corrected chi connectivity index (χ0v) is 18.8. The van der Waals surface area contributed by atoms with Crippen LogP contribution in [-0.2, 0) is 6.54 Å². The monoisotopic (exact) mass is 424 g/mol. The second-order valence-electron chi connectivity index (χ2n) is 7.45. The van der Waals surface area contributed by atoms with E-state index in [4.69, 9.17) is 4.99 Å². The van der Waals surface area contributed by atoms with Crippen molar-refractivity contribution >= 4 is 23.6 Å². The van der Waals surface area contributed by atoms with Crippen LogP contribution < -0.4 is 10.6 Å². The van der Waals surface area contributed by atoms with Crippen LogP contribution in [0, 0.1) is 5.92 Å². The van der Waals surface area contributed by atoms with E-state index in [0.29, 0.717) is 24.6 Å². The van der Waals surface area contributed by atoms with Crippen molar-refractivity contribution in [3.63, 3.8) is 0 Å². The smallest absolute Gasteiger partial charge is 0.251 e. The molecule has 0 aliphatic carbocycles. The van der Waals surface area contributed by atoms with Gasteiger partial charge >= 0.3 is 0 Å². The van der Waals surface area contributed by atoms with Crippen LogP contribution in [0.3, 0.4) is 0 Å². The van der Waals surface area contributed by atoms with E-state index >= 15 is 0 Å². The third kappa shape index (κ3) is 6.52.